The number of hydrogen-bond donors (Lipinski definition) is 2. The second kappa shape index (κ2) is 6.58. The molecule has 0 fully saturated rings. The predicted molar refractivity (Wildman–Crippen MR) is 40.4 cm³/mol. The lowest BCUT2D eigenvalue weighted by Gasteiger charge is -2.03. The Hall–Kier alpha value is -0.540. The lowest BCUT2D eigenvalue weighted by molar-refractivity contribution is 0.148. The lowest BCUT2D eigenvalue weighted by atomic mass is 10.4. The lowest BCUT2D eigenvalue weighted by Crippen LogP contribution is -2.23. The molecule has 3 nitrogen and oxygen atoms in total. The average molecular weight is 145 g/mol. The molecule has 0 radical (unpaired) electrons. The van der Waals surface area contributed by atoms with E-state index < -0.39 is 6.23 Å². The van der Waals surface area contributed by atoms with Crippen molar-refractivity contribution in [2.75, 3.05) is 13.7 Å². The van der Waals surface area contributed by atoms with Gasteiger partial charge in [0.2, 0.25) is 0 Å². The van der Waals surface area contributed by atoms with Crippen LogP contribution in [0.1, 0.15) is 13.3 Å². The number of nitrogens with one attached hydrogen (secondary N) is 1. The number of aliphatic hydroxyl groups is 1. The molecular formula is C7H15NO2. The van der Waals surface area contributed by atoms with E-state index >= 15 is 0 Å². The van der Waals surface area contributed by atoms with E-state index in [1.807, 2.05) is 6.92 Å². The minimum atomic E-state index is -0.461. The van der Waals surface area contributed by atoms with E-state index in [2.05, 4.69) is 5.32 Å². The predicted octanol–water partition coefficient (Wildman–Crippen LogP) is 0.465. The molecule has 0 amide bonds. The number of hydrogen-bond acceptors (Lipinski definition) is 3. The Labute approximate surface area is 61.7 Å². The Morgan fingerprint density at radius 1 is 1.70 bits per heavy atom. The van der Waals surface area contributed by atoms with Crippen molar-refractivity contribution in [2.24, 2.45) is 0 Å². The molecule has 0 aliphatic carbocycles. The third kappa shape index (κ3) is 5.59. The number of rotatable bonds is 5. The van der Waals surface area contributed by atoms with Crippen LogP contribution in [0.3, 0.4) is 0 Å². The molecule has 0 aromatic carbocycles. The van der Waals surface area contributed by atoms with Crippen LogP contribution in [0.25, 0.3) is 0 Å². The SMILES string of the molecule is CCO/C=C/CC(O)NC. The van der Waals surface area contributed by atoms with E-state index in [1.165, 1.54) is 0 Å². The maximum atomic E-state index is 8.94. The van der Waals surface area contributed by atoms with Gasteiger partial charge in [0.15, 0.2) is 0 Å². The van der Waals surface area contributed by atoms with E-state index in [0.29, 0.717) is 13.0 Å². The van der Waals surface area contributed by atoms with E-state index in [1.54, 1.807) is 19.4 Å². The van der Waals surface area contributed by atoms with Crippen molar-refractivity contribution in [1.82, 2.24) is 5.32 Å². The maximum absolute atomic E-state index is 8.94. The van der Waals surface area contributed by atoms with Crippen LogP contribution in [-0.2, 0) is 4.74 Å². The molecule has 0 bridgehead atoms. The summed E-state index contributed by atoms with van der Waals surface area (Å²) in [6, 6.07) is 0. The normalized spacial score (nSPS) is 13.9. The first kappa shape index (κ1) is 9.46. The molecule has 0 saturated carbocycles. The van der Waals surface area contributed by atoms with Crippen LogP contribution in [-0.4, -0.2) is 25.0 Å². The molecule has 0 spiro atoms. The Bertz CT molecular complexity index is 93.6. The molecule has 0 rings (SSSR count). The first-order chi connectivity index (χ1) is 4.81. The van der Waals surface area contributed by atoms with E-state index in [9.17, 15) is 0 Å². The fourth-order valence-corrected chi connectivity index (χ4v) is 0.467. The van der Waals surface area contributed by atoms with Crippen LogP contribution in [0.2, 0.25) is 0 Å². The van der Waals surface area contributed by atoms with E-state index in [4.69, 9.17) is 9.84 Å². The summed E-state index contributed by atoms with van der Waals surface area (Å²) in [6.07, 6.45) is 3.50. The van der Waals surface area contributed by atoms with Gasteiger partial charge in [-0.3, -0.25) is 5.32 Å². The largest absolute Gasteiger partial charge is 0.502 e. The second-order valence-corrected chi connectivity index (χ2v) is 1.87. The monoisotopic (exact) mass is 145 g/mol. The van der Waals surface area contributed by atoms with Gasteiger partial charge in [0.05, 0.1) is 12.9 Å². The second-order valence-electron chi connectivity index (χ2n) is 1.87. The third-order valence-corrected chi connectivity index (χ3v) is 1.05. The molecule has 10 heavy (non-hydrogen) atoms. The van der Waals surface area contributed by atoms with Crippen molar-refractivity contribution in [3.63, 3.8) is 0 Å². The molecule has 2 N–H and O–H groups in total. The standard InChI is InChI=1S/C7H15NO2/c1-3-10-6-4-5-7(9)8-2/h4,6-9H,3,5H2,1-2H3/b6-4+. The maximum Gasteiger partial charge on any atom is 0.108 e. The zero-order valence-corrected chi connectivity index (χ0v) is 6.50. The first-order valence-electron chi connectivity index (χ1n) is 3.43. The van der Waals surface area contributed by atoms with Crippen molar-refractivity contribution in [3.8, 4) is 0 Å². The van der Waals surface area contributed by atoms with Gasteiger partial charge < -0.3 is 9.84 Å². The molecular weight excluding hydrogens is 130 g/mol. The summed E-state index contributed by atoms with van der Waals surface area (Å²) in [4.78, 5) is 0. The highest BCUT2D eigenvalue weighted by atomic mass is 16.5. The zero-order chi connectivity index (χ0) is 7.82. The van der Waals surface area contributed by atoms with Gasteiger partial charge in [-0.2, -0.15) is 0 Å². The zero-order valence-electron chi connectivity index (χ0n) is 6.50. The minimum absolute atomic E-state index is 0.461. The third-order valence-electron chi connectivity index (χ3n) is 1.05. The van der Waals surface area contributed by atoms with Crippen LogP contribution in [0.5, 0.6) is 0 Å². The van der Waals surface area contributed by atoms with Gasteiger partial charge in [-0.15, -0.1) is 0 Å². The quantitative estimate of drug-likeness (QED) is 0.436. The summed E-state index contributed by atoms with van der Waals surface area (Å²) in [5.74, 6) is 0. The average Bonchev–Trinajstić information content (AvgIpc) is 1.98. The first-order valence-corrected chi connectivity index (χ1v) is 3.43. The molecule has 60 valence electrons. The van der Waals surface area contributed by atoms with E-state index in [-0.39, 0.29) is 0 Å². The van der Waals surface area contributed by atoms with Crippen molar-refractivity contribution in [1.29, 1.82) is 0 Å². The van der Waals surface area contributed by atoms with Crippen LogP contribution in [0.4, 0.5) is 0 Å². The van der Waals surface area contributed by atoms with Crippen LogP contribution < -0.4 is 5.32 Å². The summed E-state index contributed by atoms with van der Waals surface area (Å²) in [6.45, 7) is 2.59. The molecule has 0 aliphatic heterocycles. The molecule has 3 heteroatoms. The van der Waals surface area contributed by atoms with Crippen molar-refractivity contribution < 1.29 is 9.84 Å². The van der Waals surface area contributed by atoms with Crippen molar-refractivity contribution in [2.45, 2.75) is 19.6 Å². The van der Waals surface area contributed by atoms with Crippen LogP contribution in [0, 0.1) is 0 Å². The summed E-state index contributed by atoms with van der Waals surface area (Å²) < 4.78 is 4.91. The molecule has 0 saturated heterocycles. The Balaban J connectivity index is 3.16. The molecule has 0 heterocycles. The molecule has 0 aromatic heterocycles. The van der Waals surface area contributed by atoms with Gasteiger partial charge in [-0.05, 0) is 20.0 Å². The highest BCUT2D eigenvalue weighted by Crippen LogP contribution is 1.88. The highest BCUT2D eigenvalue weighted by Gasteiger charge is 1.92. The van der Waals surface area contributed by atoms with Gasteiger partial charge >= 0.3 is 0 Å². The number of ether oxygens (including phenoxy) is 1. The Morgan fingerprint density at radius 2 is 2.40 bits per heavy atom. The Morgan fingerprint density at radius 3 is 2.90 bits per heavy atom. The minimum Gasteiger partial charge on any atom is -0.502 e. The summed E-state index contributed by atoms with van der Waals surface area (Å²) in [7, 11) is 1.71. The topological polar surface area (TPSA) is 41.5 Å². The number of aliphatic hydroxyl groups excluding tert-OH is 1. The van der Waals surface area contributed by atoms with Gasteiger partial charge in [0.25, 0.3) is 0 Å². The van der Waals surface area contributed by atoms with Crippen LogP contribution >= 0.6 is 0 Å². The van der Waals surface area contributed by atoms with Crippen LogP contribution in [0.15, 0.2) is 12.3 Å². The smallest absolute Gasteiger partial charge is 0.108 e. The van der Waals surface area contributed by atoms with E-state index in [0.717, 1.165) is 0 Å². The Kier molecular flexibility index (Phi) is 6.22. The fourth-order valence-electron chi connectivity index (χ4n) is 0.467. The molecule has 1 unspecified atom stereocenters. The fraction of sp³-hybridized carbons (Fsp3) is 0.714. The summed E-state index contributed by atoms with van der Waals surface area (Å²) in [5, 5.41) is 11.6. The van der Waals surface area contributed by atoms with Crippen molar-refractivity contribution >= 4 is 0 Å². The highest BCUT2D eigenvalue weighted by molar-refractivity contribution is 4.75. The van der Waals surface area contributed by atoms with Gasteiger partial charge in [0.1, 0.15) is 6.23 Å². The van der Waals surface area contributed by atoms with Gasteiger partial charge in [-0.25, -0.2) is 0 Å². The summed E-state index contributed by atoms with van der Waals surface area (Å²) in [5.41, 5.74) is 0. The molecule has 0 aromatic rings. The van der Waals surface area contributed by atoms with Gasteiger partial charge in [-0.1, -0.05) is 0 Å². The molecule has 1 atom stereocenters. The van der Waals surface area contributed by atoms with Crippen molar-refractivity contribution in [3.05, 3.63) is 12.3 Å². The van der Waals surface area contributed by atoms with Gasteiger partial charge in [0, 0.05) is 6.42 Å². The molecule has 0 aliphatic rings. The summed E-state index contributed by atoms with van der Waals surface area (Å²) >= 11 is 0.